The number of pyridine rings is 1. The Labute approximate surface area is 116 Å². The molecular formula is C13H9BrF3NO. The molecule has 100 valence electrons. The SMILES string of the molecule is Cc1cc(Br)ccc1Oc1ccnc(C(F)(F)F)c1. The van der Waals surface area contributed by atoms with Crippen LogP contribution in [0.15, 0.2) is 41.0 Å². The van der Waals surface area contributed by atoms with E-state index in [0.29, 0.717) is 5.75 Å². The van der Waals surface area contributed by atoms with E-state index in [2.05, 4.69) is 20.9 Å². The lowest BCUT2D eigenvalue weighted by molar-refractivity contribution is -0.141. The van der Waals surface area contributed by atoms with Crippen LogP contribution in [0.2, 0.25) is 0 Å². The third-order valence-electron chi connectivity index (χ3n) is 2.39. The summed E-state index contributed by atoms with van der Waals surface area (Å²) in [5.41, 5.74) is -0.153. The number of hydrogen-bond acceptors (Lipinski definition) is 2. The van der Waals surface area contributed by atoms with Crippen LogP contribution in [0.25, 0.3) is 0 Å². The van der Waals surface area contributed by atoms with Gasteiger partial charge in [-0.15, -0.1) is 0 Å². The molecule has 1 aromatic carbocycles. The summed E-state index contributed by atoms with van der Waals surface area (Å²) >= 11 is 3.31. The van der Waals surface area contributed by atoms with Gasteiger partial charge in [0.05, 0.1) is 0 Å². The standard InChI is InChI=1S/C13H9BrF3NO/c1-8-6-9(14)2-3-11(8)19-10-4-5-18-12(7-10)13(15,16)17/h2-7H,1H3. The summed E-state index contributed by atoms with van der Waals surface area (Å²) in [5, 5.41) is 0. The summed E-state index contributed by atoms with van der Waals surface area (Å²) in [6.45, 7) is 1.81. The number of aryl methyl sites for hydroxylation is 1. The van der Waals surface area contributed by atoms with Gasteiger partial charge in [0.15, 0.2) is 0 Å². The van der Waals surface area contributed by atoms with E-state index in [9.17, 15) is 13.2 Å². The molecule has 0 N–H and O–H groups in total. The molecule has 0 saturated heterocycles. The van der Waals surface area contributed by atoms with Gasteiger partial charge in [0, 0.05) is 16.7 Å². The first-order valence-corrected chi connectivity index (χ1v) is 6.13. The highest BCUT2D eigenvalue weighted by Gasteiger charge is 2.32. The van der Waals surface area contributed by atoms with Crippen molar-refractivity contribution in [2.45, 2.75) is 13.1 Å². The highest BCUT2D eigenvalue weighted by atomic mass is 79.9. The average Bonchev–Trinajstić information content (AvgIpc) is 2.32. The minimum Gasteiger partial charge on any atom is -0.457 e. The molecule has 0 amide bonds. The molecular weight excluding hydrogens is 323 g/mol. The van der Waals surface area contributed by atoms with Crippen LogP contribution in [0.1, 0.15) is 11.3 Å². The summed E-state index contributed by atoms with van der Waals surface area (Å²) in [6.07, 6.45) is -3.40. The van der Waals surface area contributed by atoms with E-state index >= 15 is 0 Å². The zero-order valence-electron chi connectivity index (χ0n) is 9.83. The number of rotatable bonds is 2. The fourth-order valence-electron chi connectivity index (χ4n) is 1.48. The molecule has 0 unspecified atom stereocenters. The average molecular weight is 332 g/mol. The summed E-state index contributed by atoms with van der Waals surface area (Å²) in [5.74, 6) is 0.607. The third-order valence-corrected chi connectivity index (χ3v) is 2.88. The quantitative estimate of drug-likeness (QED) is 0.775. The first kappa shape index (κ1) is 13.9. The third kappa shape index (κ3) is 3.47. The number of halogens is 4. The maximum absolute atomic E-state index is 12.5. The Morgan fingerprint density at radius 1 is 1.16 bits per heavy atom. The van der Waals surface area contributed by atoms with Crippen LogP contribution < -0.4 is 4.74 Å². The minimum atomic E-state index is -4.48. The molecule has 2 nitrogen and oxygen atoms in total. The van der Waals surface area contributed by atoms with Crippen molar-refractivity contribution in [3.05, 3.63) is 52.3 Å². The van der Waals surface area contributed by atoms with Gasteiger partial charge in [0.1, 0.15) is 17.2 Å². The molecule has 1 heterocycles. The van der Waals surface area contributed by atoms with E-state index in [-0.39, 0.29) is 5.75 Å². The maximum Gasteiger partial charge on any atom is 0.433 e. The Morgan fingerprint density at radius 3 is 2.53 bits per heavy atom. The van der Waals surface area contributed by atoms with Gasteiger partial charge in [-0.3, -0.25) is 4.98 Å². The molecule has 19 heavy (non-hydrogen) atoms. The Hall–Kier alpha value is -1.56. The number of nitrogens with zero attached hydrogens (tertiary/aromatic N) is 1. The number of hydrogen-bond donors (Lipinski definition) is 0. The molecule has 0 radical (unpaired) electrons. The molecule has 1 aromatic heterocycles. The van der Waals surface area contributed by atoms with Crippen molar-refractivity contribution in [2.75, 3.05) is 0 Å². The van der Waals surface area contributed by atoms with E-state index in [1.807, 2.05) is 13.0 Å². The van der Waals surface area contributed by atoms with Crippen molar-refractivity contribution < 1.29 is 17.9 Å². The first-order chi connectivity index (χ1) is 8.86. The molecule has 0 aliphatic carbocycles. The van der Waals surface area contributed by atoms with Crippen LogP contribution in [-0.4, -0.2) is 4.98 Å². The lowest BCUT2D eigenvalue weighted by Gasteiger charge is -2.11. The predicted octanol–water partition coefficient (Wildman–Crippen LogP) is 4.96. The monoisotopic (exact) mass is 331 g/mol. The number of benzene rings is 1. The van der Waals surface area contributed by atoms with Crippen LogP contribution in [0.3, 0.4) is 0 Å². The van der Waals surface area contributed by atoms with Gasteiger partial charge < -0.3 is 4.74 Å². The first-order valence-electron chi connectivity index (χ1n) is 5.33. The molecule has 6 heteroatoms. The largest absolute Gasteiger partial charge is 0.457 e. The maximum atomic E-state index is 12.5. The van der Waals surface area contributed by atoms with Gasteiger partial charge in [-0.05, 0) is 36.8 Å². The molecule has 0 aliphatic heterocycles. The van der Waals surface area contributed by atoms with Gasteiger partial charge in [-0.25, -0.2) is 0 Å². The number of aromatic nitrogens is 1. The minimum absolute atomic E-state index is 0.104. The fourth-order valence-corrected chi connectivity index (χ4v) is 1.96. The van der Waals surface area contributed by atoms with Crippen molar-refractivity contribution in [3.8, 4) is 11.5 Å². The molecule has 2 aromatic rings. The molecule has 0 saturated carbocycles. The van der Waals surface area contributed by atoms with Gasteiger partial charge >= 0.3 is 6.18 Å². The molecule has 0 bridgehead atoms. The Kier molecular flexibility index (Phi) is 3.80. The summed E-state index contributed by atoms with van der Waals surface area (Å²) in [6, 6.07) is 7.53. The van der Waals surface area contributed by atoms with Gasteiger partial charge in [0.2, 0.25) is 0 Å². The lowest BCUT2D eigenvalue weighted by Crippen LogP contribution is -2.07. The summed E-state index contributed by atoms with van der Waals surface area (Å²) in [7, 11) is 0. The van der Waals surface area contributed by atoms with Crippen LogP contribution in [0, 0.1) is 6.92 Å². The zero-order valence-corrected chi connectivity index (χ0v) is 11.4. The normalized spacial score (nSPS) is 11.4. The zero-order chi connectivity index (χ0) is 14.0. The Balaban J connectivity index is 2.29. The van der Waals surface area contributed by atoms with E-state index in [1.54, 1.807) is 12.1 Å². The highest BCUT2D eigenvalue weighted by molar-refractivity contribution is 9.10. The van der Waals surface area contributed by atoms with E-state index in [1.165, 1.54) is 6.07 Å². The van der Waals surface area contributed by atoms with Crippen molar-refractivity contribution in [1.82, 2.24) is 4.98 Å². The van der Waals surface area contributed by atoms with Gasteiger partial charge in [0.25, 0.3) is 0 Å². The van der Waals surface area contributed by atoms with Crippen molar-refractivity contribution in [2.24, 2.45) is 0 Å². The lowest BCUT2D eigenvalue weighted by atomic mass is 10.2. The van der Waals surface area contributed by atoms with Crippen LogP contribution >= 0.6 is 15.9 Å². The topological polar surface area (TPSA) is 22.1 Å². The van der Waals surface area contributed by atoms with Gasteiger partial charge in [-0.2, -0.15) is 13.2 Å². The summed E-state index contributed by atoms with van der Waals surface area (Å²) in [4.78, 5) is 3.28. The molecule has 0 fully saturated rings. The van der Waals surface area contributed by atoms with Crippen LogP contribution in [0.5, 0.6) is 11.5 Å². The van der Waals surface area contributed by atoms with Crippen molar-refractivity contribution in [1.29, 1.82) is 0 Å². The molecule has 2 rings (SSSR count). The second-order valence-corrected chi connectivity index (χ2v) is 4.80. The Morgan fingerprint density at radius 2 is 1.89 bits per heavy atom. The second kappa shape index (κ2) is 5.21. The van der Waals surface area contributed by atoms with Crippen LogP contribution in [0.4, 0.5) is 13.2 Å². The van der Waals surface area contributed by atoms with Crippen molar-refractivity contribution >= 4 is 15.9 Å². The number of alkyl halides is 3. The smallest absolute Gasteiger partial charge is 0.433 e. The Bertz CT molecular complexity index is 599. The fraction of sp³-hybridized carbons (Fsp3) is 0.154. The molecule has 0 atom stereocenters. The predicted molar refractivity (Wildman–Crippen MR) is 68.2 cm³/mol. The van der Waals surface area contributed by atoms with E-state index < -0.39 is 11.9 Å². The van der Waals surface area contributed by atoms with Gasteiger partial charge in [-0.1, -0.05) is 15.9 Å². The molecule has 0 spiro atoms. The van der Waals surface area contributed by atoms with E-state index in [4.69, 9.17) is 4.74 Å². The van der Waals surface area contributed by atoms with Crippen LogP contribution in [-0.2, 0) is 6.18 Å². The second-order valence-electron chi connectivity index (χ2n) is 3.89. The van der Waals surface area contributed by atoms with E-state index in [0.717, 1.165) is 22.3 Å². The van der Waals surface area contributed by atoms with Crippen molar-refractivity contribution in [3.63, 3.8) is 0 Å². The summed E-state index contributed by atoms with van der Waals surface area (Å²) < 4.78 is 43.9. The molecule has 0 aliphatic rings. The number of ether oxygens (including phenoxy) is 1. The highest BCUT2D eigenvalue weighted by Crippen LogP contribution is 2.32.